The number of hydrogen-bond acceptors (Lipinski definition) is 3. The number of anilines is 1. The van der Waals surface area contributed by atoms with Gasteiger partial charge in [0.05, 0.1) is 17.2 Å². The first-order chi connectivity index (χ1) is 9.42. The highest BCUT2D eigenvalue weighted by atomic mass is 32.2. The van der Waals surface area contributed by atoms with Crippen molar-refractivity contribution >= 4 is 28.2 Å². The van der Waals surface area contributed by atoms with Gasteiger partial charge >= 0.3 is 0 Å². The van der Waals surface area contributed by atoms with Crippen LogP contribution in [0.15, 0.2) is 64.1 Å². The standard InChI is InChI=1S/C16H13NOS/c1-2-5-12-11(4-1)7-8-14-16(12)17-10-15(19-14)13-6-3-9-18-13/h1-9,15,17H,10H2. The molecule has 1 N–H and O–H groups in total. The fourth-order valence-electron chi connectivity index (χ4n) is 2.55. The van der Waals surface area contributed by atoms with Gasteiger partial charge in [0.1, 0.15) is 5.76 Å². The van der Waals surface area contributed by atoms with Crippen molar-refractivity contribution in [1.82, 2.24) is 0 Å². The molecule has 1 atom stereocenters. The van der Waals surface area contributed by atoms with Crippen LogP contribution in [0.1, 0.15) is 11.0 Å². The number of nitrogens with one attached hydrogen (secondary N) is 1. The Morgan fingerprint density at radius 1 is 1.05 bits per heavy atom. The van der Waals surface area contributed by atoms with Crippen LogP contribution in [0.4, 0.5) is 5.69 Å². The predicted octanol–water partition coefficient (Wildman–Crippen LogP) is 4.69. The molecule has 2 aromatic carbocycles. The molecule has 0 radical (unpaired) electrons. The highest BCUT2D eigenvalue weighted by Gasteiger charge is 2.23. The Morgan fingerprint density at radius 3 is 2.89 bits per heavy atom. The lowest BCUT2D eigenvalue weighted by molar-refractivity contribution is 0.508. The average molecular weight is 267 g/mol. The normalized spacial score (nSPS) is 18.0. The van der Waals surface area contributed by atoms with Crippen LogP contribution >= 0.6 is 11.8 Å². The molecule has 0 aliphatic carbocycles. The first-order valence-corrected chi connectivity index (χ1v) is 7.25. The molecule has 0 saturated heterocycles. The van der Waals surface area contributed by atoms with Crippen molar-refractivity contribution in [3.05, 3.63) is 60.6 Å². The molecule has 3 heteroatoms. The molecule has 1 aromatic heterocycles. The molecular weight excluding hydrogens is 254 g/mol. The highest BCUT2D eigenvalue weighted by Crippen LogP contribution is 2.45. The van der Waals surface area contributed by atoms with E-state index in [0.29, 0.717) is 5.25 Å². The van der Waals surface area contributed by atoms with Crippen molar-refractivity contribution in [2.45, 2.75) is 10.1 Å². The summed E-state index contributed by atoms with van der Waals surface area (Å²) in [6, 6.07) is 16.9. The van der Waals surface area contributed by atoms with E-state index in [-0.39, 0.29) is 0 Å². The second-order valence-electron chi connectivity index (χ2n) is 4.66. The van der Waals surface area contributed by atoms with Crippen LogP contribution < -0.4 is 5.32 Å². The molecule has 4 rings (SSSR count). The van der Waals surface area contributed by atoms with Gasteiger partial charge in [-0.25, -0.2) is 0 Å². The molecule has 0 bridgehead atoms. The molecule has 0 spiro atoms. The highest BCUT2D eigenvalue weighted by molar-refractivity contribution is 7.99. The van der Waals surface area contributed by atoms with E-state index >= 15 is 0 Å². The maximum Gasteiger partial charge on any atom is 0.118 e. The number of thioether (sulfide) groups is 1. The lowest BCUT2D eigenvalue weighted by atomic mass is 10.1. The minimum Gasteiger partial charge on any atom is -0.468 e. The lowest BCUT2D eigenvalue weighted by Gasteiger charge is -2.25. The van der Waals surface area contributed by atoms with E-state index in [2.05, 4.69) is 41.7 Å². The van der Waals surface area contributed by atoms with Gasteiger partial charge in [-0.3, -0.25) is 0 Å². The molecule has 2 heterocycles. The Bertz CT molecular complexity index is 721. The van der Waals surface area contributed by atoms with Crippen molar-refractivity contribution in [1.29, 1.82) is 0 Å². The third-order valence-corrected chi connectivity index (χ3v) is 4.76. The number of rotatable bonds is 1. The summed E-state index contributed by atoms with van der Waals surface area (Å²) in [7, 11) is 0. The largest absolute Gasteiger partial charge is 0.468 e. The number of hydrogen-bond donors (Lipinski definition) is 1. The van der Waals surface area contributed by atoms with E-state index < -0.39 is 0 Å². The fraction of sp³-hybridized carbons (Fsp3) is 0.125. The smallest absolute Gasteiger partial charge is 0.118 e. The van der Waals surface area contributed by atoms with Gasteiger partial charge in [0.2, 0.25) is 0 Å². The summed E-state index contributed by atoms with van der Waals surface area (Å²) in [5.74, 6) is 1.04. The Kier molecular flexibility index (Phi) is 2.52. The van der Waals surface area contributed by atoms with Crippen molar-refractivity contribution in [3.63, 3.8) is 0 Å². The fourth-order valence-corrected chi connectivity index (χ4v) is 3.72. The van der Waals surface area contributed by atoms with Gasteiger partial charge in [-0.05, 0) is 23.6 Å². The summed E-state index contributed by atoms with van der Waals surface area (Å²) in [4.78, 5) is 1.30. The van der Waals surface area contributed by atoms with Crippen molar-refractivity contribution in [3.8, 4) is 0 Å². The van der Waals surface area contributed by atoms with Crippen LogP contribution in [-0.2, 0) is 0 Å². The molecule has 0 fully saturated rings. The number of fused-ring (bicyclic) bond motifs is 3. The van der Waals surface area contributed by atoms with E-state index in [1.165, 1.54) is 21.4 Å². The molecule has 0 amide bonds. The van der Waals surface area contributed by atoms with E-state index in [9.17, 15) is 0 Å². The second kappa shape index (κ2) is 4.35. The van der Waals surface area contributed by atoms with Gasteiger partial charge in [0.15, 0.2) is 0 Å². The summed E-state index contributed by atoms with van der Waals surface area (Å²) in [6.07, 6.45) is 1.74. The minimum atomic E-state index is 0.351. The topological polar surface area (TPSA) is 25.2 Å². The zero-order valence-electron chi connectivity index (χ0n) is 10.3. The van der Waals surface area contributed by atoms with Crippen LogP contribution in [0, 0.1) is 0 Å². The van der Waals surface area contributed by atoms with Crippen LogP contribution in [0.2, 0.25) is 0 Å². The SMILES string of the molecule is c1coc(C2CNc3c(ccc4ccccc34)S2)c1. The van der Waals surface area contributed by atoms with Gasteiger partial charge in [0, 0.05) is 16.8 Å². The molecule has 3 aromatic rings. The van der Waals surface area contributed by atoms with Gasteiger partial charge < -0.3 is 9.73 Å². The van der Waals surface area contributed by atoms with Gasteiger partial charge in [-0.2, -0.15) is 0 Å². The van der Waals surface area contributed by atoms with Crippen LogP contribution in [-0.4, -0.2) is 6.54 Å². The Morgan fingerprint density at radius 2 is 2.00 bits per heavy atom. The number of benzene rings is 2. The first-order valence-electron chi connectivity index (χ1n) is 6.37. The van der Waals surface area contributed by atoms with Gasteiger partial charge in [0.25, 0.3) is 0 Å². The number of furan rings is 1. The van der Waals surface area contributed by atoms with Crippen LogP contribution in [0.3, 0.4) is 0 Å². The molecule has 1 aliphatic rings. The van der Waals surface area contributed by atoms with Gasteiger partial charge in [-0.15, -0.1) is 11.8 Å². The molecule has 19 heavy (non-hydrogen) atoms. The van der Waals surface area contributed by atoms with Crippen molar-refractivity contribution in [2.24, 2.45) is 0 Å². The second-order valence-corrected chi connectivity index (χ2v) is 5.91. The molecular formula is C16H13NOS. The monoisotopic (exact) mass is 267 g/mol. The van der Waals surface area contributed by atoms with E-state index in [1.807, 2.05) is 23.9 Å². The van der Waals surface area contributed by atoms with E-state index in [1.54, 1.807) is 6.26 Å². The van der Waals surface area contributed by atoms with Crippen LogP contribution in [0.25, 0.3) is 10.8 Å². The van der Waals surface area contributed by atoms with Crippen LogP contribution in [0.5, 0.6) is 0 Å². The average Bonchev–Trinajstić information content (AvgIpc) is 3.01. The lowest BCUT2D eigenvalue weighted by Crippen LogP contribution is -2.15. The summed E-state index contributed by atoms with van der Waals surface area (Å²) in [5.41, 5.74) is 1.26. The Hall–Kier alpha value is -1.87. The summed E-state index contributed by atoms with van der Waals surface area (Å²) < 4.78 is 5.51. The summed E-state index contributed by atoms with van der Waals surface area (Å²) in [5, 5.41) is 6.49. The zero-order chi connectivity index (χ0) is 12.7. The Balaban J connectivity index is 1.78. The predicted molar refractivity (Wildman–Crippen MR) is 79.7 cm³/mol. The molecule has 0 saturated carbocycles. The quantitative estimate of drug-likeness (QED) is 0.692. The zero-order valence-corrected chi connectivity index (χ0v) is 11.1. The van der Waals surface area contributed by atoms with E-state index in [0.717, 1.165) is 12.3 Å². The molecule has 1 unspecified atom stereocenters. The van der Waals surface area contributed by atoms with Gasteiger partial charge in [-0.1, -0.05) is 30.3 Å². The third kappa shape index (κ3) is 1.81. The summed E-state index contributed by atoms with van der Waals surface area (Å²) in [6.45, 7) is 0.902. The van der Waals surface area contributed by atoms with E-state index in [4.69, 9.17) is 4.42 Å². The maximum atomic E-state index is 5.51. The third-order valence-electron chi connectivity index (χ3n) is 3.48. The molecule has 2 nitrogen and oxygen atoms in total. The summed E-state index contributed by atoms with van der Waals surface area (Å²) >= 11 is 1.87. The Labute approximate surface area is 115 Å². The van der Waals surface area contributed by atoms with Crippen molar-refractivity contribution < 1.29 is 4.42 Å². The minimum absolute atomic E-state index is 0.351. The molecule has 94 valence electrons. The first kappa shape index (κ1) is 11.0. The maximum absolute atomic E-state index is 5.51. The molecule has 1 aliphatic heterocycles. The van der Waals surface area contributed by atoms with Crippen molar-refractivity contribution in [2.75, 3.05) is 11.9 Å².